The van der Waals surface area contributed by atoms with Crippen molar-refractivity contribution in [1.82, 2.24) is 4.98 Å². The first-order valence-corrected chi connectivity index (χ1v) is 10.3. The molecule has 0 saturated heterocycles. The maximum atomic E-state index is 5.03. The summed E-state index contributed by atoms with van der Waals surface area (Å²) < 4.78 is 0. The summed E-state index contributed by atoms with van der Waals surface area (Å²) in [6.45, 7) is 4.31. The van der Waals surface area contributed by atoms with Crippen LogP contribution in [0.1, 0.15) is 11.1 Å². The summed E-state index contributed by atoms with van der Waals surface area (Å²) in [6, 6.07) is 33.7. The van der Waals surface area contributed by atoms with Crippen molar-refractivity contribution in [2.75, 3.05) is 0 Å². The van der Waals surface area contributed by atoms with E-state index in [1.54, 1.807) is 0 Å². The zero-order valence-electron chi connectivity index (χ0n) is 17.4. The second kappa shape index (κ2) is 7.57. The van der Waals surface area contributed by atoms with Crippen LogP contribution in [-0.4, -0.2) is 4.98 Å². The van der Waals surface area contributed by atoms with Crippen molar-refractivity contribution in [3.63, 3.8) is 0 Å². The molecule has 4 aromatic carbocycles. The zero-order chi connectivity index (χ0) is 20.2. The number of benzene rings is 4. The van der Waals surface area contributed by atoms with Crippen molar-refractivity contribution >= 4 is 10.9 Å². The molecule has 0 atom stereocenters. The number of nitrogens with zero attached hydrogens (tertiary/aromatic N) is 1. The Morgan fingerprint density at radius 3 is 2.26 bits per heavy atom. The zero-order valence-corrected chi connectivity index (χ0v) is 19.8. The van der Waals surface area contributed by atoms with E-state index in [2.05, 4.69) is 98.8 Å². The van der Waals surface area contributed by atoms with Crippen LogP contribution in [0.15, 0.2) is 84.9 Å². The molecule has 0 bridgehead atoms. The number of fused-ring (bicyclic) bond motifs is 3. The fraction of sp³-hybridized carbons (Fsp3) is 0.0690. The van der Waals surface area contributed by atoms with Gasteiger partial charge >= 0.3 is 0 Å². The van der Waals surface area contributed by atoms with Gasteiger partial charge in [-0.1, -0.05) is 66.2 Å². The monoisotopic (exact) mass is 575 g/mol. The van der Waals surface area contributed by atoms with Crippen molar-refractivity contribution < 1.29 is 20.1 Å². The molecule has 0 spiro atoms. The Bertz CT molecular complexity index is 1470. The maximum absolute atomic E-state index is 5.03. The molecule has 0 N–H and O–H groups in total. The average Bonchev–Trinajstić information content (AvgIpc) is 3.09. The minimum absolute atomic E-state index is 0. The first-order valence-electron chi connectivity index (χ1n) is 10.3. The van der Waals surface area contributed by atoms with Crippen LogP contribution >= 0.6 is 0 Å². The van der Waals surface area contributed by atoms with Gasteiger partial charge in [-0.05, 0) is 59.0 Å². The summed E-state index contributed by atoms with van der Waals surface area (Å²) in [5.74, 6) is 0. The normalized spacial score (nSPS) is 11.3. The number of hydrogen-bond acceptors (Lipinski definition) is 1. The van der Waals surface area contributed by atoms with Crippen LogP contribution < -0.4 is 0 Å². The summed E-state index contributed by atoms with van der Waals surface area (Å²) in [6.07, 6.45) is 0. The Morgan fingerprint density at radius 1 is 0.677 bits per heavy atom. The molecule has 1 nitrogen and oxygen atoms in total. The second-order valence-corrected chi connectivity index (χ2v) is 8.11. The Labute approximate surface area is 196 Å². The first kappa shape index (κ1) is 19.9. The van der Waals surface area contributed by atoms with E-state index in [0.29, 0.717) is 0 Å². The Balaban J connectivity index is 0.00000204. The fourth-order valence-corrected chi connectivity index (χ4v) is 4.73. The molecule has 0 fully saturated rings. The number of hydrogen-bond donors (Lipinski definition) is 0. The van der Waals surface area contributed by atoms with Crippen molar-refractivity contribution in [1.29, 1.82) is 0 Å². The Kier molecular flexibility index (Phi) is 4.85. The van der Waals surface area contributed by atoms with E-state index in [4.69, 9.17) is 4.98 Å². The molecule has 151 valence electrons. The van der Waals surface area contributed by atoms with Gasteiger partial charge in [0.05, 0.1) is 5.52 Å². The second-order valence-electron chi connectivity index (χ2n) is 8.11. The van der Waals surface area contributed by atoms with Gasteiger partial charge in [-0.3, -0.25) is 4.98 Å². The van der Waals surface area contributed by atoms with E-state index >= 15 is 0 Å². The maximum Gasteiger partial charge on any atom is 0.0607 e. The largest absolute Gasteiger partial charge is 0.296 e. The van der Waals surface area contributed by atoms with Gasteiger partial charge in [-0.25, -0.2) is 0 Å². The van der Waals surface area contributed by atoms with Crippen LogP contribution in [0.2, 0.25) is 0 Å². The molecule has 2 heteroatoms. The summed E-state index contributed by atoms with van der Waals surface area (Å²) in [5.41, 5.74) is 13.2. The number of rotatable bonds is 2. The van der Waals surface area contributed by atoms with E-state index < -0.39 is 0 Å². The number of aryl methyl sites for hydroxylation is 2. The SMILES string of the molecule is Cc1ccc(-c2cc[c-]c(-c3cc4c5c(cccc5n3)-c3ccccc3-4)c2)c(C)c1.[Ir]. The van der Waals surface area contributed by atoms with Gasteiger partial charge in [0.15, 0.2) is 0 Å². The van der Waals surface area contributed by atoms with Crippen LogP contribution in [0.5, 0.6) is 0 Å². The third kappa shape index (κ3) is 3.15. The summed E-state index contributed by atoms with van der Waals surface area (Å²) in [4.78, 5) is 5.03. The molecule has 1 aromatic heterocycles. The molecule has 1 aliphatic carbocycles. The molecule has 1 heterocycles. The van der Waals surface area contributed by atoms with Crippen LogP contribution in [0.4, 0.5) is 0 Å². The predicted octanol–water partition coefficient (Wildman–Crippen LogP) is 7.63. The average molecular weight is 575 g/mol. The van der Waals surface area contributed by atoms with Gasteiger partial charge in [-0.2, -0.15) is 0 Å². The van der Waals surface area contributed by atoms with Crippen molar-refractivity contribution in [2.24, 2.45) is 0 Å². The van der Waals surface area contributed by atoms with Gasteiger partial charge in [0.1, 0.15) is 0 Å². The molecule has 1 aliphatic rings. The summed E-state index contributed by atoms with van der Waals surface area (Å²) >= 11 is 0. The van der Waals surface area contributed by atoms with Gasteiger partial charge in [0.2, 0.25) is 0 Å². The topological polar surface area (TPSA) is 12.9 Å². The van der Waals surface area contributed by atoms with Gasteiger partial charge < -0.3 is 0 Å². The van der Waals surface area contributed by atoms with Crippen LogP contribution in [0.25, 0.3) is 55.5 Å². The van der Waals surface area contributed by atoms with Crippen LogP contribution in [0, 0.1) is 19.9 Å². The van der Waals surface area contributed by atoms with Gasteiger partial charge in [-0.15, -0.1) is 35.4 Å². The Morgan fingerprint density at radius 2 is 1.45 bits per heavy atom. The minimum Gasteiger partial charge on any atom is -0.296 e. The quantitative estimate of drug-likeness (QED) is 0.194. The third-order valence-corrected chi connectivity index (χ3v) is 6.11. The number of aromatic nitrogens is 1. The third-order valence-electron chi connectivity index (χ3n) is 6.11. The van der Waals surface area contributed by atoms with Crippen molar-refractivity contribution in [3.05, 3.63) is 102 Å². The smallest absolute Gasteiger partial charge is 0.0607 e. The summed E-state index contributed by atoms with van der Waals surface area (Å²) in [5, 5.41) is 1.26. The molecule has 6 rings (SSSR count). The van der Waals surface area contributed by atoms with E-state index in [9.17, 15) is 0 Å². The van der Waals surface area contributed by atoms with E-state index in [0.717, 1.165) is 16.8 Å². The van der Waals surface area contributed by atoms with E-state index in [1.807, 2.05) is 6.07 Å². The van der Waals surface area contributed by atoms with Crippen LogP contribution in [0.3, 0.4) is 0 Å². The molecule has 1 radical (unpaired) electrons. The molecule has 0 unspecified atom stereocenters. The van der Waals surface area contributed by atoms with Crippen LogP contribution in [-0.2, 0) is 20.1 Å². The van der Waals surface area contributed by atoms with Gasteiger partial charge in [0, 0.05) is 25.5 Å². The predicted molar refractivity (Wildman–Crippen MR) is 125 cm³/mol. The molecule has 0 saturated carbocycles. The van der Waals surface area contributed by atoms with Gasteiger partial charge in [0.25, 0.3) is 0 Å². The molecule has 5 aromatic rings. The molecule has 0 aliphatic heterocycles. The number of pyridine rings is 1. The van der Waals surface area contributed by atoms with E-state index in [1.165, 1.54) is 49.9 Å². The molecular weight excluding hydrogens is 555 g/mol. The first-order chi connectivity index (χ1) is 14.7. The molecule has 31 heavy (non-hydrogen) atoms. The molecule has 0 amide bonds. The fourth-order valence-electron chi connectivity index (χ4n) is 4.73. The Hall–Kier alpha value is -3.06. The van der Waals surface area contributed by atoms with E-state index in [-0.39, 0.29) is 20.1 Å². The van der Waals surface area contributed by atoms with Crippen molar-refractivity contribution in [2.45, 2.75) is 13.8 Å². The summed E-state index contributed by atoms with van der Waals surface area (Å²) in [7, 11) is 0. The molecular formula is C29H20IrN-. The minimum atomic E-state index is 0. The van der Waals surface area contributed by atoms with Crippen molar-refractivity contribution in [3.8, 4) is 44.6 Å². The standard InChI is InChI=1S/C29H20N.Ir/c1-18-13-14-22(19(2)15-18)20-7-5-8-21(16-20)28-17-26-24-10-4-3-9-23(24)25-11-6-12-27(30-28)29(25)26;/h3-7,9-17H,1-2H3;/q-1;.